The van der Waals surface area contributed by atoms with Crippen molar-refractivity contribution in [2.24, 2.45) is 17.8 Å². The first kappa shape index (κ1) is 40.0. The molecular weight excluding hydrogens is 662 g/mol. The Balaban J connectivity index is 2.05. The van der Waals surface area contributed by atoms with Crippen molar-refractivity contribution in [2.75, 3.05) is 0 Å². The summed E-state index contributed by atoms with van der Waals surface area (Å²) < 4.78 is 0. The van der Waals surface area contributed by atoms with Gasteiger partial charge >= 0.3 is 0 Å². The van der Waals surface area contributed by atoms with Crippen molar-refractivity contribution in [3.8, 4) is 5.75 Å². The molecule has 10 nitrogen and oxygen atoms in total. The lowest BCUT2D eigenvalue weighted by molar-refractivity contribution is -0.118. The minimum absolute atomic E-state index is 0.0807. The molecule has 11 heteroatoms. The number of aryl methyl sites for hydroxylation is 1. The second-order valence-corrected chi connectivity index (χ2v) is 13.2. The van der Waals surface area contributed by atoms with Crippen LogP contribution in [-0.2, 0) is 9.59 Å². The van der Waals surface area contributed by atoms with Gasteiger partial charge < -0.3 is 25.7 Å². The molecular formula is C39H44ClNO9. The molecule has 0 radical (unpaired) electrons. The molecule has 0 saturated carbocycles. The molecule has 1 aromatic carbocycles. The van der Waals surface area contributed by atoms with E-state index in [0.717, 1.165) is 6.08 Å². The van der Waals surface area contributed by atoms with Gasteiger partial charge in [0, 0.05) is 41.4 Å². The van der Waals surface area contributed by atoms with Crippen molar-refractivity contribution in [3.05, 3.63) is 111 Å². The smallest absolute Gasteiger partial charge is 0.248 e. The number of aliphatic hydroxyl groups excluding tert-OH is 3. The van der Waals surface area contributed by atoms with Crippen molar-refractivity contribution in [3.63, 3.8) is 0 Å². The van der Waals surface area contributed by atoms with Crippen LogP contribution in [0, 0.1) is 24.7 Å². The third-order valence-corrected chi connectivity index (χ3v) is 9.13. The molecule has 1 aliphatic carbocycles. The number of amides is 1. The zero-order valence-corrected chi connectivity index (χ0v) is 29.7. The molecule has 5 N–H and O–H groups in total. The number of rotatable bonds is 0. The maximum absolute atomic E-state index is 13.8. The number of Topliss-reactive ketones (excluding diaryl/α,β-unsaturated/α-hetero) is 4. The summed E-state index contributed by atoms with van der Waals surface area (Å²) in [5, 5.41) is 44.7. The number of carbonyl (C=O) groups is 5. The summed E-state index contributed by atoms with van der Waals surface area (Å²) in [6.07, 6.45) is 12.2. The van der Waals surface area contributed by atoms with E-state index in [4.69, 9.17) is 11.6 Å². The summed E-state index contributed by atoms with van der Waals surface area (Å²) in [5.74, 6) is -5.52. The third kappa shape index (κ3) is 9.60. The molecule has 50 heavy (non-hydrogen) atoms. The average Bonchev–Trinajstić information content (AvgIpc) is 3.07. The number of allylic oxidation sites excluding steroid dienone is 8. The second-order valence-electron chi connectivity index (χ2n) is 12.8. The first-order chi connectivity index (χ1) is 23.5. The van der Waals surface area contributed by atoms with E-state index < -0.39 is 81.0 Å². The van der Waals surface area contributed by atoms with Crippen LogP contribution in [0.4, 0.5) is 0 Å². The first-order valence-electron chi connectivity index (χ1n) is 16.3. The fourth-order valence-corrected chi connectivity index (χ4v) is 5.73. The van der Waals surface area contributed by atoms with E-state index >= 15 is 0 Å². The van der Waals surface area contributed by atoms with Crippen molar-refractivity contribution >= 4 is 40.6 Å². The number of fused-ring (bicyclic) bond motifs is 18. The maximum atomic E-state index is 13.8. The van der Waals surface area contributed by atoms with E-state index in [0.29, 0.717) is 5.57 Å². The second kappa shape index (κ2) is 17.4. The highest BCUT2D eigenvalue weighted by atomic mass is 35.5. The van der Waals surface area contributed by atoms with Crippen LogP contribution in [0.15, 0.2) is 88.7 Å². The number of benzene rings is 1. The minimum atomic E-state index is -1.01. The van der Waals surface area contributed by atoms with Crippen LogP contribution in [0.1, 0.15) is 84.1 Å². The van der Waals surface area contributed by atoms with Crippen molar-refractivity contribution < 1.29 is 44.4 Å². The molecule has 1 amide bonds. The molecule has 0 aromatic heterocycles. The summed E-state index contributed by atoms with van der Waals surface area (Å²) >= 11 is 6.31. The Labute approximate surface area is 296 Å². The van der Waals surface area contributed by atoms with Gasteiger partial charge in [-0.1, -0.05) is 87.1 Å². The Bertz CT molecular complexity index is 1770. The Hall–Kier alpha value is -4.48. The van der Waals surface area contributed by atoms with E-state index in [1.165, 1.54) is 44.2 Å². The van der Waals surface area contributed by atoms with Crippen molar-refractivity contribution in [2.45, 2.75) is 72.7 Å². The van der Waals surface area contributed by atoms with Gasteiger partial charge in [0.2, 0.25) is 17.5 Å². The lowest BCUT2D eigenvalue weighted by atomic mass is 9.83. The lowest BCUT2D eigenvalue weighted by Gasteiger charge is -2.23. The van der Waals surface area contributed by atoms with E-state index in [2.05, 4.69) is 5.32 Å². The number of hydrogen-bond acceptors (Lipinski definition) is 9. The van der Waals surface area contributed by atoms with Crippen molar-refractivity contribution in [1.82, 2.24) is 5.32 Å². The summed E-state index contributed by atoms with van der Waals surface area (Å²) in [5.41, 5.74) is -0.886. The SMILES string of the molecule is CC1=CCC(O)/C=C\C(C)C(O)C(C)/C=C(/C)C(=O)c2c(O)c(C)cc3c2C(=O)C(Cl)=C(NC(=O)C=C/C=C\C=CC(C)C(O)CC1=O)C3=O. The highest BCUT2D eigenvalue weighted by molar-refractivity contribution is 6.51. The standard InChI is InChI=1S/C39H44ClNO9/c1-20-11-9-7-8-10-12-30(45)41-34-33(40)39(50)31-27(38(34)49)18-25(6)37(48)32(31)36(47)24(5)17-23(4)35(46)22(3)14-16-26(42)15-13-21(2)29(44)19-28(20)43/h7-14,16-18,20,22-23,26,28,35,42-43,46,48H,15,19H2,1-6H3,(H,41,45)/b8-7-,11-9?,12-10?,16-14-,21-13?,24-17-. The van der Waals surface area contributed by atoms with E-state index in [9.17, 15) is 44.4 Å². The third-order valence-electron chi connectivity index (χ3n) is 8.77. The number of aliphatic hydroxyl groups is 3. The molecule has 4 bridgehead atoms. The van der Waals surface area contributed by atoms with Crippen LogP contribution in [0.3, 0.4) is 0 Å². The molecule has 6 atom stereocenters. The number of nitrogens with one attached hydrogen (secondary N) is 1. The topological polar surface area (TPSA) is 178 Å². The number of aromatic hydroxyl groups is 1. The number of phenolic OH excluding ortho intramolecular Hbond substituents is 1. The molecule has 6 unspecified atom stereocenters. The molecule has 4 rings (SSSR count). The predicted octanol–water partition coefficient (Wildman–Crippen LogP) is 5.30. The number of halogens is 1. The predicted molar refractivity (Wildman–Crippen MR) is 191 cm³/mol. The Morgan fingerprint density at radius 3 is 2.10 bits per heavy atom. The van der Waals surface area contributed by atoms with Crippen LogP contribution in [0.5, 0.6) is 5.75 Å². The number of ketones is 4. The molecule has 0 spiro atoms. The van der Waals surface area contributed by atoms with Gasteiger partial charge in [0.1, 0.15) is 16.5 Å². The summed E-state index contributed by atoms with van der Waals surface area (Å²) in [7, 11) is 0. The number of phenols is 1. The molecule has 266 valence electrons. The molecule has 0 fully saturated rings. The fraction of sp³-hybridized carbons (Fsp3) is 0.359. The molecule has 2 aliphatic heterocycles. The molecule has 0 saturated heterocycles. The Morgan fingerprint density at radius 2 is 1.42 bits per heavy atom. The van der Waals surface area contributed by atoms with E-state index in [-0.39, 0.29) is 41.2 Å². The zero-order chi connectivity index (χ0) is 37.4. The highest BCUT2D eigenvalue weighted by Crippen LogP contribution is 2.37. The summed E-state index contributed by atoms with van der Waals surface area (Å²) in [4.78, 5) is 66.2. The zero-order valence-electron chi connectivity index (χ0n) is 28.9. The Kier molecular flexibility index (Phi) is 13.9. The lowest BCUT2D eigenvalue weighted by Crippen LogP contribution is -2.33. The van der Waals surface area contributed by atoms with Gasteiger partial charge in [-0.15, -0.1) is 0 Å². The average molecular weight is 706 g/mol. The fourth-order valence-electron chi connectivity index (χ4n) is 5.51. The minimum Gasteiger partial charge on any atom is -0.507 e. The van der Waals surface area contributed by atoms with Gasteiger partial charge in [-0.3, -0.25) is 24.0 Å². The monoisotopic (exact) mass is 705 g/mol. The first-order valence-corrected chi connectivity index (χ1v) is 16.7. The van der Waals surface area contributed by atoms with Crippen LogP contribution < -0.4 is 5.32 Å². The van der Waals surface area contributed by atoms with E-state index in [1.54, 1.807) is 58.1 Å². The molecule has 2 heterocycles. The van der Waals surface area contributed by atoms with Crippen LogP contribution in [0.2, 0.25) is 0 Å². The summed E-state index contributed by atoms with van der Waals surface area (Å²) in [6, 6.07) is 1.25. The van der Waals surface area contributed by atoms with Crippen LogP contribution in [-0.4, -0.2) is 67.8 Å². The van der Waals surface area contributed by atoms with Gasteiger partial charge in [0.05, 0.1) is 23.9 Å². The number of hydrogen-bond donors (Lipinski definition) is 5. The van der Waals surface area contributed by atoms with E-state index in [1.807, 2.05) is 0 Å². The van der Waals surface area contributed by atoms with Crippen molar-refractivity contribution in [1.29, 1.82) is 0 Å². The quantitative estimate of drug-likeness (QED) is 0.224. The number of carbonyl (C=O) groups excluding carboxylic acids is 5. The van der Waals surface area contributed by atoms with Crippen LogP contribution >= 0.6 is 11.6 Å². The van der Waals surface area contributed by atoms with Gasteiger partial charge in [-0.05, 0) is 50.0 Å². The van der Waals surface area contributed by atoms with Gasteiger partial charge in [-0.2, -0.15) is 0 Å². The highest BCUT2D eigenvalue weighted by Gasteiger charge is 2.38. The van der Waals surface area contributed by atoms with Crippen LogP contribution in [0.25, 0.3) is 0 Å². The van der Waals surface area contributed by atoms with Gasteiger partial charge in [0.15, 0.2) is 11.6 Å². The van der Waals surface area contributed by atoms with Gasteiger partial charge in [0.25, 0.3) is 0 Å². The molecule has 3 aliphatic rings. The normalized spacial score (nSPS) is 29.0. The summed E-state index contributed by atoms with van der Waals surface area (Å²) in [6.45, 7) is 9.66. The largest absolute Gasteiger partial charge is 0.507 e. The van der Waals surface area contributed by atoms with Gasteiger partial charge in [-0.25, -0.2) is 0 Å². The maximum Gasteiger partial charge on any atom is 0.248 e. The Morgan fingerprint density at radius 1 is 0.760 bits per heavy atom. The molecule has 1 aromatic rings.